The molecule has 4 nitrogen and oxygen atoms in total. The summed E-state index contributed by atoms with van der Waals surface area (Å²) in [6.45, 7) is 0. The Labute approximate surface area is 119 Å². The number of fused-ring (bicyclic) bond motifs is 1. The quantitative estimate of drug-likeness (QED) is 0.442. The highest BCUT2D eigenvalue weighted by molar-refractivity contribution is 6.29. The number of hydrazine groups is 1. The Morgan fingerprint density at radius 3 is 2.85 bits per heavy atom. The van der Waals surface area contributed by atoms with Crippen LogP contribution >= 0.6 is 11.6 Å². The molecule has 3 aromatic rings. The van der Waals surface area contributed by atoms with Crippen LogP contribution in [0.25, 0.3) is 11.0 Å². The Bertz CT molecular complexity index is 759. The highest BCUT2D eigenvalue weighted by atomic mass is 35.5. The van der Waals surface area contributed by atoms with Crippen LogP contribution in [-0.2, 0) is 0 Å². The number of hydrogen-bond donors (Lipinski definition) is 2. The van der Waals surface area contributed by atoms with Crippen LogP contribution in [0.5, 0.6) is 0 Å². The maximum absolute atomic E-state index is 13.7. The van der Waals surface area contributed by atoms with E-state index >= 15 is 0 Å². The zero-order chi connectivity index (χ0) is 14.1. The summed E-state index contributed by atoms with van der Waals surface area (Å²) in [4.78, 5) is 3.91. The van der Waals surface area contributed by atoms with Gasteiger partial charge in [-0.3, -0.25) is 5.84 Å². The van der Waals surface area contributed by atoms with Crippen LogP contribution in [0.2, 0.25) is 5.15 Å². The van der Waals surface area contributed by atoms with Crippen LogP contribution in [0.1, 0.15) is 17.4 Å². The van der Waals surface area contributed by atoms with Crippen molar-refractivity contribution in [3.63, 3.8) is 0 Å². The van der Waals surface area contributed by atoms with E-state index in [9.17, 15) is 4.39 Å². The smallest absolute Gasteiger partial charge is 0.169 e. The molecule has 0 amide bonds. The standard InChI is InChI=1S/C14H11ClFN3O/c15-12-7-8(4-5-18-12)13(19-17)11-6-9-2-1-3-10(16)14(9)20-11/h1-7,13,19H,17H2. The third-order valence-corrected chi connectivity index (χ3v) is 3.26. The summed E-state index contributed by atoms with van der Waals surface area (Å²) in [5.74, 6) is 5.68. The summed E-state index contributed by atoms with van der Waals surface area (Å²) in [6, 6.07) is 9.52. The fraction of sp³-hybridized carbons (Fsp3) is 0.0714. The number of rotatable bonds is 3. The average Bonchev–Trinajstić information content (AvgIpc) is 2.85. The van der Waals surface area contributed by atoms with E-state index in [-0.39, 0.29) is 5.58 Å². The molecule has 0 saturated carbocycles. The SMILES string of the molecule is NNC(c1ccnc(Cl)c1)c1cc2cccc(F)c2o1. The zero-order valence-corrected chi connectivity index (χ0v) is 11.1. The molecule has 1 aromatic carbocycles. The number of nitrogens with zero attached hydrogens (tertiary/aromatic N) is 1. The first kappa shape index (κ1) is 13.1. The lowest BCUT2D eigenvalue weighted by molar-refractivity contribution is 0.465. The molecule has 3 rings (SSSR count). The highest BCUT2D eigenvalue weighted by Crippen LogP contribution is 2.29. The first-order chi connectivity index (χ1) is 9.69. The van der Waals surface area contributed by atoms with Gasteiger partial charge in [0.2, 0.25) is 0 Å². The van der Waals surface area contributed by atoms with E-state index in [1.165, 1.54) is 6.07 Å². The second-order valence-electron chi connectivity index (χ2n) is 4.32. The van der Waals surface area contributed by atoms with E-state index in [4.69, 9.17) is 21.9 Å². The molecule has 0 saturated heterocycles. The molecule has 1 unspecified atom stereocenters. The molecule has 0 aliphatic heterocycles. The van der Waals surface area contributed by atoms with Gasteiger partial charge in [0, 0.05) is 11.6 Å². The second kappa shape index (κ2) is 5.20. The minimum atomic E-state index is -0.428. The zero-order valence-electron chi connectivity index (χ0n) is 10.3. The third kappa shape index (κ3) is 2.27. The van der Waals surface area contributed by atoms with E-state index in [0.29, 0.717) is 16.3 Å². The average molecular weight is 292 g/mol. The number of benzene rings is 1. The topological polar surface area (TPSA) is 64.1 Å². The van der Waals surface area contributed by atoms with Crippen LogP contribution in [0.15, 0.2) is 47.0 Å². The van der Waals surface area contributed by atoms with Crippen molar-refractivity contribution in [1.82, 2.24) is 10.4 Å². The van der Waals surface area contributed by atoms with Gasteiger partial charge in [-0.25, -0.2) is 14.8 Å². The molecule has 2 aromatic heterocycles. The molecule has 6 heteroatoms. The lowest BCUT2D eigenvalue weighted by atomic mass is 10.1. The number of nitrogens with one attached hydrogen (secondary N) is 1. The maximum atomic E-state index is 13.7. The van der Waals surface area contributed by atoms with Crippen molar-refractivity contribution in [2.75, 3.05) is 0 Å². The van der Waals surface area contributed by atoms with Gasteiger partial charge >= 0.3 is 0 Å². The first-order valence-electron chi connectivity index (χ1n) is 5.94. The molecule has 0 aliphatic rings. The highest BCUT2D eigenvalue weighted by Gasteiger charge is 2.18. The predicted octanol–water partition coefficient (Wildman–Crippen LogP) is 3.17. The number of para-hydroxylation sites is 1. The molecule has 0 radical (unpaired) electrons. The third-order valence-electron chi connectivity index (χ3n) is 3.05. The molecule has 0 fully saturated rings. The van der Waals surface area contributed by atoms with E-state index in [1.807, 2.05) is 0 Å². The minimum absolute atomic E-state index is 0.211. The minimum Gasteiger partial charge on any atom is -0.456 e. The Kier molecular flexibility index (Phi) is 3.40. The Morgan fingerprint density at radius 1 is 1.30 bits per heavy atom. The van der Waals surface area contributed by atoms with Crippen LogP contribution in [0.3, 0.4) is 0 Å². The van der Waals surface area contributed by atoms with Crippen molar-refractivity contribution in [3.8, 4) is 0 Å². The van der Waals surface area contributed by atoms with Crippen molar-refractivity contribution in [3.05, 3.63) is 64.9 Å². The van der Waals surface area contributed by atoms with Crippen molar-refractivity contribution in [2.45, 2.75) is 6.04 Å². The predicted molar refractivity (Wildman–Crippen MR) is 74.6 cm³/mol. The van der Waals surface area contributed by atoms with Gasteiger partial charge in [-0.15, -0.1) is 0 Å². The summed E-state index contributed by atoms with van der Waals surface area (Å²) >= 11 is 5.87. The Hall–Kier alpha value is -1.95. The van der Waals surface area contributed by atoms with E-state index in [1.54, 1.807) is 36.5 Å². The molecule has 20 heavy (non-hydrogen) atoms. The molecular weight excluding hydrogens is 281 g/mol. The van der Waals surface area contributed by atoms with E-state index in [2.05, 4.69) is 10.4 Å². The van der Waals surface area contributed by atoms with Crippen molar-refractivity contribution < 1.29 is 8.81 Å². The van der Waals surface area contributed by atoms with E-state index < -0.39 is 11.9 Å². The Balaban J connectivity index is 2.09. The fourth-order valence-corrected chi connectivity index (χ4v) is 2.31. The van der Waals surface area contributed by atoms with Gasteiger partial charge in [-0.05, 0) is 29.8 Å². The molecule has 0 bridgehead atoms. The van der Waals surface area contributed by atoms with Crippen molar-refractivity contribution >= 4 is 22.6 Å². The monoisotopic (exact) mass is 291 g/mol. The summed E-state index contributed by atoms with van der Waals surface area (Å²) in [5.41, 5.74) is 3.63. The first-order valence-corrected chi connectivity index (χ1v) is 6.32. The Morgan fingerprint density at radius 2 is 2.15 bits per heavy atom. The lowest BCUT2D eigenvalue weighted by Gasteiger charge is -2.13. The molecule has 3 N–H and O–H groups in total. The summed E-state index contributed by atoms with van der Waals surface area (Å²) in [7, 11) is 0. The second-order valence-corrected chi connectivity index (χ2v) is 4.71. The number of nitrogens with two attached hydrogens (primary N) is 1. The molecule has 0 spiro atoms. The largest absolute Gasteiger partial charge is 0.456 e. The van der Waals surface area contributed by atoms with Crippen LogP contribution in [0.4, 0.5) is 4.39 Å². The molecule has 0 aliphatic carbocycles. The summed E-state index contributed by atoms with van der Waals surface area (Å²) in [5, 5.41) is 1.03. The van der Waals surface area contributed by atoms with Crippen molar-refractivity contribution in [2.24, 2.45) is 5.84 Å². The van der Waals surface area contributed by atoms with Crippen molar-refractivity contribution in [1.29, 1.82) is 0 Å². The number of furan rings is 1. The molecule has 2 heterocycles. The van der Waals surface area contributed by atoms with Gasteiger partial charge in [0.25, 0.3) is 0 Å². The fourth-order valence-electron chi connectivity index (χ4n) is 2.13. The summed E-state index contributed by atoms with van der Waals surface area (Å²) < 4.78 is 19.2. The van der Waals surface area contributed by atoms with Gasteiger partial charge in [0.1, 0.15) is 17.0 Å². The van der Waals surface area contributed by atoms with Crippen LogP contribution < -0.4 is 11.3 Å². The molecule has 1 atom stereocenters. The summed E-state index contributed by atoms with van der Waals surface area (Å²) in [6.07, 6.45) is 1.57. The van der Waals surface area contributed by atoms with E-state index in [0.717, 1.165) is 5.56 Å². The van der Waals surface area contributed by atoms with Crippen LogP contribution in [-0.4, -0.2) is 4.98 Å². The number of hydrogen-bond acceptors (Lipinski definition) is 4. The number of halogens is 2. The van der Waals surface area contributed by atoms with Crippen LogP contribution in [0, 0.1) is 5.82 Å². The van der Waals surface area contributed by atoms with Gasteiger partial charge < -0.3 is 4.42 Å². The van der Waals surface area contributed by atoms with Gasteiger partial charge in [-0.1, -0.05) is 23.7 Å². The van der Waals surface area contributed by atoms with Gasteiger partial charge in [0.05, 0.1) is 0 Å². The molecule has 102 valence electrons. The van der Waals surface area contributed by atoms with Gasteiger partial charge in [-0.2, -0.15) is 0 Å². The molecular formula is C14H11ClFN3O. The number of aromatic nitrogens is 1. The number of pyridine rings is 1. The lowest BCUT2D eigenvalue weighted by Crippen LogP contribution is -2.28. The maximum Gasteiger partial charge on any atom is 0.169 e. The van der Waals surface area contributed by atoms with Gasteiger partial charge in [0.15, 0.2) is 11.4 Å². The normalized spacial score (nSPS) is 12.8.